The fourth-order valence-electron chi connectivity index (χ4n) is 2.95. The van der Waals surface area contributed by atoms with Gasteiger partial charge in [-0.1, -0.05) is 13.0 Å². The molecule has 2 rings (SSSR count). The van der Waals surface area contributed by atoms with E-state index in [1.54, 1.807) is 0 Å². The Morgan fingerprint density at radius 1 is 1.43 bits per heavy atom. The van der Waals surface area contributed by atoms with Crippen LogP contribution in [0.5, 0.6) is 0 Å². The second kappa shape index (κ2) is 7.03. The van der Waals surface area contributed by atoms with E-state index in [-0.39, 0.29) is 0 Å². The molecule has 0 N–H and O–H groups in total. The van der Waals surface area contributed by atoms with Gasteiger partial charge in [-0.3, -0.25) is 4.90 Å². The third kappa shape index (κ3) is 3.62. The number of rotatable bonds is 4. The van der Waals surface area contributed by atoms with Crippen LogP contribution in [0, 0.1) is 0 Å². The maximum atomic E-state index is 4.79. The van der Waals surface area contributed by atoms with E-state index in [1.807, 2.05) is 12.3 Å². The number of hydrogen-bond acceptors (Lipinski definition) is 4. The molecule has 1 aromatic heterocycles. The average Bonchev–Trinajstić information content (AvgIpc) is 2.48. The van der Waals surface area contributed by atoms with E-state index in [4.69, 9.17) is 4.98 Å². The van der Waals surface area contributed by atoms with Gasteiger partial charge in [0.25, 0.3) is 0 Å². The van der Waals surface area contributed by atoms with E-state index >= 15 is 0 Å². The predicted octanol–water partition coefficient (Wildman–Crippen LogP) is 3.21. The van der Waals surface area contributed by atoms with E-state index in [2.05, 4.69) is 55.5 Å². The molecule has 1 aromatic rings. The Balaban J connectivity index is 2.17. The minimum atomic E-state index is 0.451. The van der Waals surface area contributed by atoms with Crippen LogP contribution in [0.3, 0.4) is 0 Å². The summed E-state index contributed by atoms with van der Waals surface area (Å²) < 4.78 is 0. The molecule has 1 unspecified atom stereocenters. The Bertz CT molecular complexity index is 495. The number of piperazine rings is 1. The minimum absolute atomic E-state index is 0.451. The average molecular weight is 288 g/mol. The monoisotopic (exact) mass is 288 g/mol. The second-order valence-electron chi connectivity index (χ2n) is 6.04. The first-order valence-corrected chi connectivity index (χ1v) is 8.06. The molecule has 0 spiro atoms. The van der Waals surface area contributed by atoms with Gasteiger partial charge in [0.1, 0.15) is 0 Å². The van der Waals surface area contributed by atoms with E-state index in [9.17, 15) is 0 Å². The molecule has 1 atom stereocenters. The second-order valence-corrected chi connectivity index (χ2v) is 6.04. The van der Waals surface area contributed by atoms with Crippen molar-refractivity contribution < 1.29 is 0 Å². The maximum Gasteiger partial charge on any atom is 0.226 e. The van der Waals surface area contributed by atoms with Gasteiger partial charge >= 0.3 is 0 Å². The Morgan fingerprint density at radius 3 is 2.76 bits per heavy atom. The molecule has 0 amide bonds. The zero-order valence-corrected chi connectivity index (χ0v) is 14.0. The van der Waals surface area contributed by atoms with Crippen molar-refractivity contribution in [1.29, 1.82) is 0 Å². The zero-order valence-electron chi connectivity index (χ0n) is 14.0. The van der Waals surface area contributed by atoms with E-state index in [0.717, 1.165) is 37.7 Å². The molecule has 1 aliphatic heterocycles. The Morgan fingerprint density at radius 2 is 2.19 bits per heavy atom. The summed E-state index contributed by atoms with van der Waals surface area (Å²) in [4.78, 5) is 14.2. The highest BCUT2D eigenvalue weighted by Crippen LogP contribution is 2.21. The van der Waals surface area contributed by atoms with Crippen molar-refractivity contribution >= 4 is 11.5 Å². The molecular formula is C17H28N4. The molecule has 0 radical (unpaired) electrons. The van der Waals surface area contributed by atoms with Gasteiger partial charge in [0.05, 0.1) is 5.69 Å². The van der Waals surface area contributed by atoms with Crippen LogP contribution in [0.25, 0.3) is 5.57 Å². The van der Waals surface area contributed by atoms with Gasteiger partial charge in [0.15, 0.2) is 0 Å². The summed E-state index contributed by atoms with van der Waals surface area (Å²) in [6, 6.07) is 3.07. The van der Waals surface area contributed by atoms with Crippen LogP contribution in [0.15, 0.2) is 18.3 Å². The van der Waals surface area contributed by atoms with Crippen molar-refractivity contribution in [3.8, 4) is 0 Å². The van der Waals surface area contributed by atoms with Gasteiger partial charge in [0, 0.05) is 37.9 Å². The summed E-state index contributed by atoms with van der Waals surface area (Å²) in [6.45, 7) is 14.2. The highest BCUT2D eigenvalue weighted by atomic mass is 15.3. The molecule has 4 nitrogen and oxygen atoms in total. The summed E-state index contributed by atoms with van der Waals surface area (Å²) in [7, 11) is 0. The van der Waals surface area contributed by atoms with Crippen LogP contribution >= 0.6 is 0 Å². The lowest BCUT2D eigenvalue weighted by atomic mass is 10.1. The lowest BCUT2D eigenvalue weighted by Gasteiger charge is -2.41. The van der Waals surface area contributed by atoms with Crippen molar-refractivity contribution in [2.45, 2.75) is 53.1 Å². The number of aromatic nitrogens is 2. The standard InChI is InChI=1S/C17H28N4/c1-6-15(7-2)16-8-9-18-17(19-16)21-11-10-20(13(3)4)12-14(21)5/h6,8-9,13-14H,7,10-12H2,1-5H3. The van der Waals surface area contributed by atoms with E-state index < -0.39 is 0 Å². The Labute approximate surface area is 128 Å². The molecule has 21 heavy (non-hydrogen) atoms. The van der Waals surface area contributed by atoms with E-state index in [1.165, 1.54) is 5.57 Å². The van der Waals surface area contributed by atoms with Gasteiger partial charge in [-0.15, -0.1) is 0 Å². The highest BCUT2D eigenvalue weighted by molar-refractivity contribution is 5.62. The summed E-state index contributed by atoms with van der Waals surface area (Å²) >= 11 is 0. The van der Waals surface area contributed by atoms with Crippen LogP contribution in [0.1, 0.15) is 46.7 Å². The van der Waals surface area contributed by atoms with Crippen LogP contribution < -0.4 is 4.90 Å². The molecule has 0 aromatic carbocycles. The van der Waals surface area contributed by atoms with Crippen LogP contribution in [-0.4, -0.2) is 46.6 Å². The third-order valence-corrected chi connectivity index (χ3v) is 4.35. The smallest absolute Gasteiger partial charge is 0.226 e. The fourth-order valence-corrected chi connectivity index (χ4v) is 2.95. The molecule has 1 aliphatic rings. The van der Waals surface area contributed by atoms with Gasteiger partial charge in [-0.2, -0.15) is 0 Å². The SMILES string of the molecule is CC=C(CC)c1ccnc(N2CCN(C(C)C)CC2C)n1. The first-order valence-electron chi connectivity index (χ1n) is 8.06. The number of anilines is 1. The summed E-state index contributed by atoms with van der Waals surface area (Å²) in [5, 5.41) is 0. The molecule has 1 saturated heterocycles. The normalized spacial score (nSPS) is 21.1. The van der Waals surface area contributed by atoms with E-state index in [0.29, 0.717) is 12.1 Å². The molecule has 4 heteroatoms. The summed E-state index contributed by atoms with van der Waals surface area (Å²) in [5.41, 5.74) is 2.34. The van der Waals surface area contributed by atoms with Gasteiger partial charge in [-0.25, -0.2) is 9.97 Å². The summed E-state index contributed by atoms with van der Waals surface area (Å²) in [6.07, 6.45) is 5.04. The van der Waals surface area contributed by atoms with Gasteiger partial charge < -0.3 is 4.90 Å². The van der Waals surface area contributed by atoms with Gasteiger partial charge in [0.2, 0.25) is 5.95 Å². The zero-order chi connectivity index (χ0) is 15.4. The Kier molecular flexibility index (Phi) is 5.34. The number of allylic oxidation sites excluding steroid dienone is 2. The third-order valence-electron chi connectivity index (χ3n) is 4.35. The van der Waals surface area contributed by atoms with Crippen LogP contribution in [-0.2, 0) is 0 Å². The topological polar surface area (TPSA) is 32.3 Å². The summed E-state index contributed by atoms with van der Waals surface area (Å²) in [5.74, 6) is 0.871. The largest absolute Gasteiger partial charge is 0.336 e. The predicted molar refractivity (Wildman–Crippen MR) is 89.5 cm³/mol. The van der Waals surface area contributed by atoms with Gasteiger partial charge in [-0.05, 0) is 45.8 Å². The molecule has 1 fully saturated rings. The first kappa shape index (κ1) is 16.0. The van der Waals surface area contributed by atoms with Crippen LogP contribution in [0.4, 0.5) is 5.95 Å². The molecule has 0 saturated carbocycles. The van der Waals surface area contributed by atoms with Crippen molar-refractivity contribution in [2.24, 2.45) is 0 Å². The highest BCUT2D eigenvalue weighted by Gasteiger charge is 2.26. The number of hydrogen-bond donors (Lipinski definition) is 0. The number of nitrogens with zero attached hydrogens (tertiary/aromatic N) is 4. The molecule has 116 valence electrons. The van der Waals surface area contributed by atoms with Crippen LogP contribution in [0.2, 0.25) is 0 Å². The van der Waals surface area contributed by atoms with Crippen molar-refractivity contribution in [3.05, 3.63) is 24.0 Å². The molecule has 0 bridgehead atoms. The molecule has 0 aliphatic carbocycles. The van der Waals surface area contributed by atoms with Crippen molar-refractivity contribution in [1.82, 2.24) is 14.9 Å². The maximum absolute atomic E-state index is 4.79. The van der Waals surface area contributed by atoms with Crippen molar-refractivity contribution in [3.63, 3.8) is 0 Å². The minimum Gasteiger partial charge on any atom is -0.336 e. The van der Waals surface area contributed by atoms with Crippen molar-refractivity contribution in [2.75, 3.05) is 24.5 Å². The quantitative estimate of drug-likeness (QED) is 0.851. The molecular weight excluding hydrogens is 260 g/mol. The Hall–Kier alpha value is -1.42. The lowest BCUT2D eigenvalue weighted by molar-refractivity contribution is 0.184. The lowest BCUT2D eigenvalue weighted by Crippen LogP contribution is -2.54. The first-order chi connectivity index (χ1) is 10.1. The fraction of sp³-hybridized carbons (Fsp3) is 0.647. The molecule has 2 heterocycles.